The molecule has 2 atom stereocenters. The van der Waals surface area contributed by atoms with Crippen LogP contribution in [0.1, 0.15) is 26.7 Å². The van der Waals surface area contributed by atoms with Crippen molar-refractivity contribution in [1.29, 1.82) is 0 Å². The van der Waals surface area contributed by atoms with Crippen LogP contribution in [0.5, 0.6) is 0 Å². The van der Waals surface area contributed by atoms with Crippen LogP contribution in [-0.4, -0.2) is 60.6 Å². The molecule has 0 radical (unpaired) electrons. The van der Waals surface area contributed by atoms with E-state index < -0.39 is 17.9 Å². The SMILES string of the molecule is COCCC(NC(=O)C1CC(=O)N(CC(C)C)C1)C(=O)O. The van der Waals surface area contributed by atoms with Crippen molar-refractivity contribution in [2.45, 2.75) is 32.7 Å². The van der Waals surface area contributed by atoms with Gasteiger partial charge in [0.15, 0.2) is 0 Å². The minimum Gasteiger partial charge on any atom is -0.480 e. The van der Waals surface area contributed by atoms with Crippen molar-refractivity contribution in [3.05, 3.63) is 0 Å². The van der Waals surface area contributed by atoms with Gasteiger partial charge in [0.1, 0.15) is 6.04 Å². The molecule has 0 aromatic heterocycles. The number of ether oxygens (including phenoxy) is 1. The summed E-state index contributed by atoms with van der Waals surface area (Å²) in [6.45, 7) is 5.24. The average Bonchev–Trinajstić information content (AvgIpc) is 2.74. The summed E-state index contributed by atoms with van der Waals surface area (Å²) in [5, 5.41) is 11.6. The lowest BCUT2D eigenvalue weighted by molar-refractivity contribution is -0.142. The van der Waals surface area contributed by atoms with Crippen molar-refractivity contribution in [2.75, 3.05) is 26.8 Å². The Hall–Kier alpha value is -1.63. The van der Waals surface area contributed by atoms with Crippen molar-refractivity contribution in [2.24, 2.45) is 11.8 Å². The van der Waals surface area contributed by atoms with Crippen LogP contribution in [0.15, 0.2) is 0 Å². The lowest BCUT2D eigenvalue weighted by Crippen LogP contribution is -2.44. The molecule has 1 heterocycles. The van der Waals surface area contributed by atoms with Gasteiger partial charge in [-0.1, -0.05) is 13.8 Å². The van der Waals surface area contributed by atoms with Gasteiger partial charge in [0.25, 0.3) is 0 Å². The third-order valence-corrected chi connectivity index (χ3v) is 3.40. The Balaban J connectivity index is 2.55. The second-order valence-corrected chi connectivity index (χ2v) is 5.77. The molecule has 1 fully saturated rings. The van der Waals surface area contributed by atoms with Gasteiger partial charge >= 0.3 is 5.97 Å². The predicted octanol–water partition coefficient (Wildman–Crippen LogP) is 0.0968. The third kappa shape index (κ3) is 5.34. The Labute approximate surface area is 124 Å². The number of methoxy groups -OCH3 is 1. The largest absolute Gasteiger partial charge is 0.480 e. The zero-order chi connectivity index (χ0) is 16.0. The molecule has 7 nitrogen and oxygen atoms in total. The summed E-state index contributed by atoms with van der Waals surface area (Å²) < 4.78 is 4.83. The van der Waals surface area contributed by atoms with Crippen LogP contribution in [0, 0.1) is 11.8 Å². The van der Waals surface area contributed by atoms with Crippen LogP contribution < -0.4 is 5.32 Å². The highest BCUT2D eigenvalue weighted by molar-refractivity contribution is 5.91. The Bertz CT molecular complexity index is 397. The van der Waals surface area contributed by atoms with Crippen LogP contribution >= 0.6 is 0 Å². The van der Waals surface area contributed by atoms with E-state index in [1.54, 1.807) is 4.90 Å². The lowest BCUT2D eigenvalue weighted by atomic mass is 10.1. The molecule has 0 spiro atoms. The van der Waals surface area contributed by atoms with Gasteiger partial charge in [-0.25, -0.2) is 4.79 Å². The number of nitrogens with zero attached hydrogens (tertiary/aromatic N) is 1. The van der Waals surface area contributed by atoms with Gasteiger partial charge in [-0.05, 0) is 5.92 Å². The van der Waals surface area contributed by atoms with E-state index in [2.05, 4.69) is 5.32 Å². The van der Waals surface area contributed by atoms with E-state index in [-0.39, 0.29) is 31.3 Å². The van der Waals surface area contributed by atoms with Crippen molar-refractivity contribution in [3.8, 4) is 0 Å². The number of aliphatic carboxylic acids is 1. The second kappa shape index (κ2) is 7.97. The van der Waals surface area contributed by atoms with E-state index >= 15 is 0 Å². The maximum atomic E-state index is 12.1. The minimum absolute atomic E-state index is 0.0485. The topological polar surface area (TPSA) is 95.9 Å². The number of carbonyl (C=O) groups excluding carboxylic acids is 2. The number of rotatable bonds is 8. The molecular weight excluding hydrogens is 276 g/mol. The van der Waals surface area contributed by atoms with Gasteiger partial charge in [0.2, 0.25) is 11.8 Å². The first-order chi connectivity index (χ1) is 9.85. The number of carbonyl (C=O) groups is 3. The number of carboxylic acids is 1. The number of hydrogen-bond donors (Lipinski definition) is 2. The van der Waals surface area contributed by atoms with E-state index in [1.807, 2.05) is 13.8 Å². The molecule has 2 unspecified atom stereocenters. The molecule has 21 heavy (non-hydrogen) atoms. The summed E-state index contributed by atoms with van der Waals surface area (Å²) >= 11 is 0. The summed E-state index contributed by atoms with van der Waals surface area (Å²) in [5.74, 6) is -1.65. The summed E-state index contributed by atoms with van der Waals surface area (Å²) in [4.78, 5) is 36.7. The fraction of sp³-hybridized carbons (Fsp3) is 0.786. The van der Waals surface area contributed by atoms with Gasteiger partial charge in [0.05, 0.1) is 5.92 Å². The monoisotopic (exact) mass is 300 g/mol. The number of carboxylic acid groups (broad SMARTS) is 1. The predicted molar refractivity (Wildman–Crippen MR) is 75.6 cm³/mol. The fourth-order valence-electron chi connectivity index (χ4n) is 2.35. The molecule has 7 heteroatoms. The van der Waals surface area contributed by atoms with Crippen LogP contribution in [0.2, 0.25) is 0 Å². The van der Waals surface area contributed by atoms with Gasteiger partial charge in [-0.3, -0.25) is 9.59 Å². The van der Waals surface area contributed by atoms with E-state index in [9.17, 15) is 14.4 Å². The van der Waals surface area contributed by atoms with E-state index in [0.717, 1.165) is 0 Å². The molecule has 1 aliphatic heterocycles. The standard InChI is InChI=1S/C14H24N2O5/c1-9(2)7-16-8-10(6-12(16)17)13(18)15-11(14(19)20)4-5-21-3/h9-11H,4-8H2,1-3H3,(H,15,18)(H,19,20). The van der Waals surface area contributed by atoms with Crippen molar-refractivity contribution in [1.82, 2.24) is 10.2 Å². The highest BCUT2D eigenvalue weighted by atomic mass is 16.5. The molecule has 0 aromatic rings. The van der Waals surface area contributed by atoms with Crippen molar-refractivity contribution in [3.63, 3.8) is 0 Å². The molecule has 1 saturated heterocycles. The number of amides is 2. The maximum absolute atomic E-state index is 12.1. The van der Waals surface area contributed by atoms with Gasteiger partial charge in [-0.2, -0.15) is 0 Å². The molecule has 0 aliphatic carbocycles. The van der Waals surface area contributed by atoms with E-state index in [0.29, 0.717) is 19.0 Å². The Kier molecular flexibility index (Phi) is 6.61. The zero-order valence-electron chi connectivity index (χ0n) is 12.8. The molecule has 0 aromatic carbocycles. The average molecular weight is 300 g/mol. The number of hydrogen-bond acceptors (Lipinski definition) is 4. The first kappa shape index (κ1) is 17.4. The smallest absolute Gasteiger partial charge is 0.326 e. The molecule has 2 N–H and O–H groups in total. The highest BCUT2D eigenvalue weighted by Gasteiger charge is 2.35. The van der Waals surface area contributed by atoms with Gasteiger partial charge < -0.3 is 20.1 Å². The zero-order valence-corrected chi connectivity index (χ0v) is 12.8. The first-order valence-corrected chi connectivity index (χ1v) is 7.15. The van der Waals surface area contributed by atoms with Crippen molar-refractivity contribution < 1.29 is 24.2 Å². The second-order valence-electron chi connectivity index (χ2n) is 5.77. The van der Waals surface area contributed by atoms with Gasteiger partial charge in [0, 0.05) is 39.6 Å². The molecule has 2 amide bonds. The minimum atomic E-state index is -1.09. The number of likely N-dealkylation sites (tertiary alicyclic amines) is 1. The highest BCUT2D eigenvalue weighted by Crippen LogP contribution is 2.19. The maximum Gasteiger partial charge on any atom is 0.326 e. The van der Waals surface area contributed by atoms with Crippen LogP contribution in [0.3, 0.4) is 0 Å². The van der Waals surface area contributed by atoms with E-state index in [4.69, 9.17) is 9.84 Å². The van der Waals surface area contributed by atoms with Crippen LogP contribution in [0.25, 0.3) is 0 Å². The molecule has 0 bridgehead atoms. The van der Waals surface area contributed by atoms with Gasteiger partial charge in [-0.15, -0.1) is 0 Å². The fourth-order valence-corrected chi connectivity index (χ4v) is 2.35. The summed E-state index contributed by atoms with van der Waals surface area (Å²) in [5.41, 5.74) is 0. The molecule has 0 saturated carbocycles. The van der Waals surface area contributed by atoms with Crippen LogP contribution in [-0.2, 0) is 19.1 Å². The normalized spacial score (nSPS) is 19.9. The first-order valence-electron chi connectivity index (χ1n) is 7.15. The van der Waals surface area contributed by atoms with Crippen molar-refractivity contribution >= 4 is 17.8 Å². The molecule has 1 rings (SSSR count). The summed E-state index contributed by atoms with van der Waals surface area (Å²) in [6.07, 6.45) is 0.350. The molecule has 120 valence electrons. The quantitative estimate of drug-likeness (QED) is 0.662. The number of nitrogens with one attached hydrogen (secondary N) is 1. The Morgan fingerprint density at radius 3 is 2.67 bits per heavy atom. The van der Waals surface area contributed by atoms with E-state index in [1.165, 1.54) is 7.11 Å². The summed E-state index contributed by atoms with van der Waals surface area (Å²) in [6, 6.07) is -0.980. The molecular formula is C14H24N2O5. The lowest BCUT2D eigenvalue weighted by Gasteiger charge is -2.19. The molecule has 1 aliphatic rings. The third-order valence-electron chi connectivity index (χ3n) is 3.40. The Morgan fingerprint density at radius 2 is 2.14 bits per heavy atom. The van der Waals surface area contributed by atoms with Crippen LogP contribution in [0.4, 0.5) is 0 Å². The Morgan fingerprint density at radius 1 is 1.48 bits per heavy atom. The summed E-state index contributed by atoms with van der Waals surface area (Å²) in [7, 11) is 1.47.